The molecule has 1 aromatic carbocycles. The van der Waals surface area contributed by atoms with E-state index in [0.29, 0.717) is 0 Å². The molecule has 0 atom stereocenters. The fraction of sp³-hybridized carbons (Fsp3) is 0.588. The first-order valence-corrected chi connectivity index (χ1v) is 8.57. The van der Waals surface area contributed by atoms with E-state index in [1.807, 2.05) is 0 Å². The minimum Gasteiger partial charge on any atom is -0.372 e. The number of hydrogen-bond donors (Lipinski definition) is 0. The van der Waals surface area contributed by atoms with E-state index in [1.165, 1.54) is 19.3 Å². The Morgan fingerprint density at radius 3 is 2.48 bits per heavy atom. The van der Waals surface area contributed by atoms with E-state index in [2.05, 4.69) is 62.1 Å². The summed E-state index contributed by atoms with van der Waals surface area (Å²) in [6, 6.07) is 8.59. The number of anilines is 1. The molecule has 0 N–H and O–H groups in total. The summed E-state index contributed by atoms with van der Waals surface area (Å²) in [5.74, 6) is 0.990. The van der Waals surface area contributed by atoms with E-state index in [1.54, 1.807) is 11.8 Å². The van der Waals surface area contributed by atoms with Crippen LogP contribution in [0.4, 0.5) is 5.69 Å². The van der Waals surface area contributed by atoms with Crippen molar-refractivity contribution in [3.8, 4) is 6.07 Å². The molecule has 1 fully saturated rings. The summed E-state index contributed by atoms with van der Waals surface area (Å²) in [6.07, 6.45) is 3.80. The van der Waals surface area contributed by atoms with Crippen LogP contribution in [0.15, 0.2) is 23.1 Å². The van der Waals surface area contributed by atoms with Gasteiger partial charge in [0.25, 0.3) is 0 Å². The van der Waals surface area contributed by atoms with Crippen molar-refractivity contribution < 1.29 is 0 Å². The van der Waals surface area contributed by atoms with Crippen molar-refractivity contribution in [1.82, 2.24) is 4.90 Å². The number of rotatable bonds is 6. The zero-order valence-corrected chi connectivity index (χ0v) is 14.3. The summed E-state index contributed by atoms with van der Waals surface area (Å²) in [6.45, 7) is 3.10. The fourth-order valence-corrected chi connectivity index (χ4v) is 3.86. The van der Waals surface area contributed by atoms with Gasteiger partial charge in [-0.15, -0.1) is 11.8 Å². The van der Waals surface area contributed by atoms with E-state index >= 15 is 0 Å². The van der Waals surface area contributed by atoms with Gasteiger partial charge in [-0.05, 0) is 51.2 Å². The third kappa shape index (κ3) is 3.20. The number of nitriles is 1. The first-order valence-electron chi connectivity index (χ1n) is 7.58. The summed E-state index contributed by atoms with van der Waals surface area (Å²) in [5, 5.41) is 9.55. The van der Waals surface area contributed by atoms with Crippen LogP contribution in [0.25, 0.3) is 0 Å². The Hall–Kier alpha value is -1.18. The third-order valence-corrected chi connectivity index (χ3v) is 5.53. The van der Waals surface area contributed by atoms with Gasteiger partial charge in [-0.1, -0.05) is 13.0 Å². The summed E-state index contributed by atoms with van der Waals surface area (Å²) in [4.78, 5) is 5.71. The molecule has 4 heteroatoms. The highest BCUT2D eigenvalue weighted by molar-refractivity contribution is 7.99. The van der Waals surface area contributed by atoms with Crippen LogP contribution >= 0.6 is 11.8 Å². The average molecular weight is 303 g/mol. The lowest BCUT2D eigenvalue weighted by Crippen LogP contribution is -2.56. The van der Waals surface area contributed by atoms with Crippen molar-refractivity contribution in [3.05, 3.63) is 23.8 Å². The summed E-state index contributed by atoms with van der Waals surface area (Å²) >= 11 is 1.74. The standard InChI is InChI=1S/C17H25N3S/c1-5-21-16-9-6-8-15(14(16)12-18)20(4)13-17(19(2)3)10-7-11-17/h6,8-9H,5,7,10-11,13H2,1-4H3. The molecule has 1 aliphatic rings. The van der Waals surface area contributed by atoms with Gasteiger partial charge in [-0.2, -0.15) is 5.26 Å². The molecule has 0 radical (unpaired) electrons. The lowest BCUT2D eigenvalue weighted by molar-refractivity contribution is 0.0683. The van der Waals surface area contributed by atoms with Crippen molar-refractivity contribution in [3.63, 3.8) is 0 Å². The van der Waals surface area contributed by atoms with Crippen LogP contribution in [-0.4, -0.2) is 43.9 Å². The highest BCUT2D eigenvalue weighted by Gasteiger charge is 2.40. The first-order chi connectivity index (χ1) is 10.0. The van der Waals surface area contributed by atoms with Gasteiger partial charge in [0.2, 0.25) is 0 Å². The molecule has 0 heterocycles. The Balaban J connectivity index is 2.25. The zero-order chi connectivity index (χ0) is 15.5. The van der Waals surface area contributed by atoms with Crippen molar-refractivity contribution in [2.45, 2.75) is 36.6 Å². The molecule has 1 aromatic rings. The molecule has 0 bridgehead atoms. The second-order valence-corrected chi connectivity index (χ2v) is 7.33. The van der Waals surface area contributed by atoms with E-state index in [-0.39, 0.29) is 5.54 Å². The highest BCUT2D eigenvalue weighted by Crippen LogP contribution is 2.38. The number of benzene rings is 1. The summed E-state index contributed by atoms with van der Waals surface area (Å²) in [5.41, 5.74) is 2.15. The Labute approximate surface area is 132 Å². The molecule has 1 saturated carbocycles. The van der Waals surface area contributed by atoms with Gasteiger partial charge in [0.1, 0.15) is 6.07 Å². The normalized spacial score (nSPS) is 16.4. The number of likely N-dealkylation sites (N-methyl/N-ethyl adjacent to an activating group) is 2. The van der Waals surface area contributed by atoms with Crippen LogP contribution < -0.4 is 4.90 Å². The lowest BCUT2D eigenvalue weighted by Gasteiger charge is -2.49. The van der Waals surface area contributed by atoms with Crippen molar-refractivity contribution in [2.75, 3.05) is 38.3 Å². The van der Waals surface area contributed by atoms with E-state index < -0.39 is 0 Å². The molecule has 0 spiro atoms. The minimum absolute atomic E-state index is 0.273. The molecule has 2 rings (SSSR count). The Morgan fingerprint density at radius 1 is 1.29 bits per heavy atom. The van der Waals surface area contributed by atoms with Gasteiger partial charge in [-0.3, -0.25) is 0 Å². The Kier molecular flexibility index (Phi) is 5.18. The summed E-state index contributed by atoms with van der Waals surface area (Å²) < 4.78 is 0. The second kappa shape index (κ2) is 6.72. The van der Waals surface area contributed by atoms with Crippen molar-refractivity contribution in [1.29, 1.82) is 5.26 Å². The van der Waals surface area contributed by atoms with Crippen LogP contribution in [0.2, 0.25) is 0 Å². The molecular weight excluding hydrogens is 278 g/mol. The van der Waals surface area contributed by atoms with Gasteiger partial charge < -0.3 is 9.80 Å². The second-order valence-electron chi connectivity index (χ2n) is 6.02. The average Bonchev–Trinajstić information content (AvgIpc) is 2.42. The predicted octanol–water partition coefficient (Wildman–Crippen LogP) is 3.59. The molecule has 0 unspecified atom stereocenters. The third-order valence-electron chi connectivity index (χ3n) is 4.59. The van der Waals surface area contributed by atoms with E-state index in [9.17, 15) is 5.26 Å². The molecule has 0 saturated heterocycles. The van der Waals surface area contributed by atoms with Gasteiger partial charge in [0, 0.05) is 24.0 Å². The molecule has 3 nitrogen and oxygen atoms in total. The maximum atomic E-state index is 9.55. The largest absolute Gasteiger partial charge is 0.372 e. The lowest BCUT2D eigenvalue weighted by atomic mass is 9.75. The highest BCUT2D eigenvalue weighted by atomic mass is 32.2. The minimum atomic E-state index is 0.273. The molecule has 0 amide bonds. The van der Waals surface area contributed by atoms with Crippen LogP contribution in [-0.2, 0) is 0 Å². The maximum absolute atomic E-state index is 9.55. The molecule has 0 aliphatic heterocycles. The van der Waals surface area contributed by atoms with E-state index in [0.717, 1.165) is 28.4 Å². The predicted molar refractivity (Wildman–Crippen MR) is 91.1 cm³/mol. The van der Waals surface area contributed by atoms with Gasteiger partial charge in [0.05, 0.1) is 11.3 Å². The molecule has 0 aromatic heterocycles. The van der Waals surface area contributed by atoms with Gasteiger partial charge >= 0.3 is 0 Å². The SMILES string of the molecule is CCSc1cccc(N(C)CC2(N(C)C)CCC2)c1C#N. The Bertz CT molecular complexity index is 529. The maximum Gasteiger partial charge on any atom is 0.103 e. The molecule has 114 valence electrons. The van der Waals surface area contributed by atoms with Gasteiger partial charge in [-0.25, -0.2) is 0 Å². The van der Waals surface area contributed by atoms with Crippen LogP contribution in [0.1, 0.15) is 31.7 Å². The monoisotopic (exact) mass is 303 g/mol. The quantitative estimate of drug-likeness (QED) is 0.751. The molecule has 21 heavy (non-hydrogen) atoms. The van der Waals surface area contributed by atoms with Crippen LogP contribution in [0, 0.1) is 11.3 Å². The molecular formula is C17H25N3S. The van der Waals surface area contributed by atoms with Crippen molar-refractivity contribution in [2.24, 2.45) is 0 Å². The first kappa shape index (κ1) is 16.2. The fourth-order valence-electron chi connectivity index (χ4n) is 3.08. The zero-order valence-electron chi connectivity index (χ0n) is 13.5. The topological polar surface area (TPSA) is 30.3 Å². The number of thioether (sulfide) groups is 1. The molecule has 1 aliphatic carbocycles. The smallest absolute Gasteiger partial charge is 0.103 e. The van der Waals surface area contributed by atoms with Gasteiger partial charge in [0.15, 0.2) is 0 Å². The van der Waals surface area contributed by atoms with Crippen LogP contribution in [0.3, 0.4) is 0 Å². The number of nitrogens with zero attached hydrogens (tertiary/aromatic N) is 3. The van der Waals surface area contributed by atoms with Crippen LogP contribution in [0.5, 0.6) is 0 Å². The Morgan fingerprint density at radius 2 is 2.00 bits per heavy atom. The summed E-state index contributed by atoms with van der Waals surface area (Å²) in [7, 11) is 6.45. The number of hydrogen-bond acceptors (Lipinski definition) is 4. The van der Waals surface area contributed by atoms with Crippen molar-refractivity contribution >= 4 is 17.4 Å². The van der Waals surface area contributed by atoms with E-state index in [4.69, 9.17) is 0 Å².